The highest BCUT2D eigenvalue weighted by Gasteiger charge is 2.58. The van der Waals surface area contributed by atoms with Gasteiger partial charge in [0.05, 0.1) is 89.4 Å². The largest absolute Gasteiger partial charge is 0.462 e. The molecule has 0 unspecified atom stereocenters. The van der Waals surface area contributed by atoms with Gasteiger partial charge in [-0.05, 0) is 31.9 Å². The SMILES string of the molecule is CCOC(=O)c1c2c(c(C(c3c4c(c(C(=O)OCC)c5c3SC(CO)(CO)S5)SC(CO)(CO)S4)c3c4c(c(C(=O)OCC)c5c3SC(CO)(CO)S5)SC(CO)(CO)S4)c3c1OC(C)(C)O3)OC(C)(C)O2. The molecule has 0 aliphatic carbocycles. The molecule has 0 bridgehead atoms. The zero-order valence-electron chi connectivity index (χ0n) is 39.8. The molecule has 0 spiro atoms. The number of carbonyl (C=O) groups is 3. The Morgan fingerprint density at radius 3 is 0.875 bits per heavy atom. The predicted octanol–water partition coefficient (Wildman–Crippen LogP) is 5.93. The van der Waals surface area contributed by atoms with Crippen LogP contribution in [0.5, 0.6) is 23.0 Å². The van der Waals surface area contributed by atoms with Crippen LogP contribution >= 0.6 is 94.1 Å². The van der Waals surface area contributed by atoms with Crippen molar-refractivity contribution in [1.82, 2.24) is 0 Å². The van der Waals surface area contributed by atoms with Crippen LogP contribution in [-0.2, 0) is 14.2 Å². The molecule has 6 aliphatic heterocycles. The molecular weight excluding hydrogens is 1100 g/mol. The normalized spacial score (nSPS) is 20.1. The molecule has 0 saturated heterocycles. The fraction of sp³-hybridized carbons (Fsp3) is 0.543. The summed E-state index contributed by atoms with van der Waals surface area (Å²) in [5.74, 6) is -6.84. The van der Waals surface area contributed by atoms with Crippen molar-refractivity contribution in [3.8, 4) is 23.0 Å². The van der Waals surface area contributed by atoms with E-state index in [1.807, 2.05) is 0 Å². The molecule has 6 heterocycles. The first kappa shape index (κ1) is 54.5. The van der Waals surface area contributed by atoms with Gasteiger partial charge in [0.25, 0.3) is 0 Å². The summed E-state index contributed by atoms with van der Waals surface area (Å²) in [5, 5.41) is 89.5. The third-order valence-corrected chi connectivity index (χ3v) is 24.5. The molecule has 0 aromatic heterocycles. The molecule has 0 fully saturated rings. The topological polar surface area (TPSA) is 278 Å². The van der Waals surface area contributed by atoms with Gasteiger partial charge >= 0.3 is 17.9 Å². The standard InChI is InChI=1S/C46H52O18S8/c1-8-58-38(55)23-28-26(61-41(4,5)63-28)20(27-29(23)64-42(6,7)62-27)19(21-30-34(69-43(11-47,12-48)65-30)24(39(56)59-9-2)35-31(21)66-44(13-49,14-50)70-35)22-32-36(71-45(15-51,16-52)67-32)25(40(57)60-10-3)37-33(22)68-46(17-53,18-54)72-37/h19,47-54H,8-18H2,1-7H3. The lowest BCUT2D eigenvalue weighted by Gasteiger charge is -2.31. The first-order valence-electron chi connectivity index (χ1n) is 22.6. The maximum Gasteiger partial charge on any atom is 0.346 e. The summed E-state index contributed by atoms with van der Waals surface area (Å²) in [4.78, 5) is 45.8. The molecular formula is C46H52O18S8. The lowest BCUT2D eigenvalue weighted by atomic mass is 9.81. The minimum absolute atomic E-state index is 0.0167. The summed E-state index contributed by atoms with van der Waals surface area (Å²) in [6, 6.07) is 0. The van der Waals surface area contributed by atoms with Crippen LogP contribution in [-0.4, -0.2) is 159 Å². The van der Waals surface area contributed by atoms with E-state index in [0.717, 1.165) is 94.1 Å². The third-order valence-electron chi connectivity index (χ3n) is 12.0. The first-order chi connectivity index (χ1) is 34.2. The molecule has 18 nitrogen and oxygen atoms in total. The number of thioether (sulfide) groups is 8. The van der Waals surface area contributed by atoms with Crippen LogP contribution in [0.4, 0.5) is 0 Å². The summed E-state index contributed by atoms with van der Waals surface area (Å²) >= 11 is 8.42. The number of ether oxygens (including phenoxy) is 7. The quantitative estimate of drug-likeness (QED) is 0.0442. The van der Waals surface area contributed by atoms with Crippen molar-refractivity contribution in [2.45, 2.75) is 121 Å². The number of hydrogen-bond acceptors (Lipinski definition) is 26. The van der Waals surface area contributed by atoms with E-state index in [9.17, 15) is 55.2 Å². The molecule has 9 rings (SSSR count). The Labute approximate surface area is 447 Å². The van der Waals surface area contributed by atoms with Crippen LogP contribution in [0.3, 0.4) is 0 Å². The minimum atomic E-state index is -1.48. The zero-order valence-corrected chi connectivity index (χ0v) is 46.3. The second kappa shape index (κ2) is 20.0. The second-order valence-corrected chi connectivity index (χ2v) is 30.0. The van der Waals surface area contributed by atoms with Gasteiger partial charge in [-0.2, -0.15) is 0 Å². The van der Waals surface area contributed by atoms with Crippen LogP contribution in [0.1, 0.15) is 102 Å². The predicted molar refractivity (Wildman–Crippen MR) is 273 cm³/mol. The highest BCUT2D eigenvalue weighted by atomic mass is 32.2. The molecule has 8 N–H and O–H groups in total. The summed E-state index contributed by atoms with van der Waals surface area (Å²) in [5.41, 5.74) is 0.846. The van der Waals surface area contributed by atoms with E-state index in [2.05, 4.69) is 0 Å². The molecule has 0 saturated carbocycles. The lowest BCUT2D eigenvalue weighted by Crippen LogP contribution is -2.31. The molecule has 392 valence electrons. The molecule has 0 amide bonds. The number of aliphatic hydroxyl groups is 8. The molecule has 72 heavy (non-hydrogen) atoms. The van der Waals surface area contributed by atoms with Crippen molar-refractivity contribution in [3.05, 3.63) is 33.4 Å². The van der Waals surface area contributed by atoms with E-state index in [1.54, 1.807) is 48.5 Å². The summed E-state index contributed by atoms with van der Waals surface area (Å²) in [6.07, 6.45) is 0. The number of carbonyl (C=O) groups excluding carboxylic acids is 3. The Bertz CT molecular complexity index is 2480. The Morgan fingerprint density at radius 2 is 0.625 bits per heavy atom. The number of benzene rings is 3. The van der Waals surface area contributed by atoms with Gasteiger partial charge in [-0.15, -0.1) is 94.1 Å². The Hall–Kier alpha value is -2.25. The smallest absolute Gasteiger partial charge is 0.346 e. The Morgan fingerprint density at radius 1 is 0.389 bits per heavy atom. The van der Waals surface area contributed by atoms with Crippen LogP contribution < -0.4 is 18.9 Å². The summed E-state index contributed by atoms with van der Waals surface area (Å²) in [7, 11) is 0. The van der Waals surface area contributed by atoms with E-state index in [1.165, 1.54) is 0 Å². The van der Waals surface area contributed by atoms with E-state index in [0.29, 0.717) is 30.7 Å². The first-order valence-corrected chi connectivity index (χ1v) is 29.1. The number of fused-ring (bicyclic) bond motifs is 6. The van der Waals surface area contributed by atoms with Crippen molar-refractivity contribution in [3.63, 3.8) is 0 Å². The highest BCUT2D eigenvalue weighted by molar-refractivity contribution is 8.22. The van der Waals surface area contributed by atoms with Crippen molar-refractivity contribution >= 4 is 112 Å². The summed E-state index contributed by atoms with van der Waals surface area (Å²) in [6.45, 7) is 6.56. The number of rotatable bonds is 17. The molecule has 6 aliphatic rings. The van der Waals surface area contributed by atoms with Crippen LogP contribution in [0.2, 0.25) is 0 Å². The van der Waals surface area contributed by atoms with Gasteiger partial charge in [0, 0.05) is 72.8 Å². The van der Waals surface area contributed by atoms with Gasteiger partial charge in [0.1, 0.15) is 16.3 Å². The molecule has 0 radical (unpaired) electrons. The Kier molecular flexibility index (Phi) is 15.1. The Balaban J connectivity index is 1.55. The van der Waals surface area contributed by atoms with Gasteiger partial charge in [0.2, 0.25) is 11.6 Å². The van der Waals surface area contributed by atoms with E-state index >= 15 is 0 Å². The van der Waals surface area contributed by atoms with Crippen molar-refractivity contribution in [2.75, 3.05) is 72.7 Å². The lowest BCUT2D eigenvalue weighted by molar-refractivity contribution is -0.0495. The van der Waals surface area contributed by atoms with Gasteiger partial charge in [0.15, 0.2) is 28.6 Å². The maximum absolute atomic E-state index is 14.5. The van der Waals surface area contributed by atoms with E-state index in [-0.39, 0.29) is 84.7 Å². The molecule has 3 aromatic rings. The van der Waals surface area contributed by atoms with Gasteiger partial charge in [-0.25, -0.2) is 14.4 Å². The molecule has 3 aromatic carbocycles. The fourth-order valence-electron chi connectivity index (χ4n) is 8.92. The van der Waals surface area contributed by atoms with Crippen LogP contribution in [0.25, 0.3) is 0 Å². The number of aliphatic hydroxyl groups excluding tert-OH is 8. The third kappa shape index (κ3) is 8.66. The van der Waals surface area contributed by atoms with Crippen molar-refractivity contribution < 1.29 is 88.4 Å². The van der Waals surface area contributed by atoms with Gasteiger partial charge < -0.3 is 74.0 Å². The minimum Gasteiger partial charge on any atom is -0.462 e. The second-order valence-electron chi connectivity index (χ2n) is 17.8. The monoisotopic (exact) mass is 1150 g/mol. The number of hydrogen-bond donors (Lipinski definition) is 8. The molecule has 26 heteroatoms. The number of esters is 3. The van der Waals surface area contributed by atoms with Gasteiger partial charge in [-0.1, -0.05) is 0 Å². The molecule has 0 atom stereocenters. The van der Waals surface area contributed by atoms with Gasteiger partial charge in [-0.3, -0.25) is 0 Å². The average Bonchev–Trinajstić information content (AvgIpc) is 4.21. The van der Waals surface area contributed by atoms with Crippen molar-refractivity contribution in [2.24, 2.45) is 0 Å². The average molecular weight is 1150 g/mol. The van der Waals surface area contributed by atoms with E-state index < -0.39 is 105 Å². The summed E-state index contributed by atoms with van der Waals surface area (Å²) < 4.78 is 38.1. The van der Waals surface area contributed by atoms with Crippen LogP contribution in [0, 0.1) is 0 Å². The fourth-order valence-corrected chi connectivity index (χ4v) is 20.9. The zero-order chi connectivity index (χ0) is 52.1. The maximum atomic E-state index is 14.5. The van der Waals surface area contributed by atoms with E-state index in [4.69, 9.17) is 33.2 Å². The van der Waals surface area contributed by atoms with Crippen molar-refractivity contribution in [1.29, 1.82) is 0 Å². The van der Waals surface area contributed by atoms with Crippen LogP contribution in [0.15, 0.2) is 39.2 Å². The highest BCUT2D eigenvalue weighted by Crippen LogP contribution is 2.74.